The quantitative estimate of drug-likeness (QED) is 0.897. The highest BCUT2D eigenvalue weighted by Gasteiger charge is 2.29. The van der Waals surface area contributed by atoms with Gasteiger partial charge in [0.25, 0.3) is 5.91 Å². The van der Waals surface area contributed by atoms with Crippen LogP contribution in [0.15, 0.2) is 24.3 Å². The molecule has 3 nitrogen and oxygen atoms in total. The Balaban J connectivity index is 1.92. The van der Waals surface area contributed by atoms with Crippen molar-refractivity contribution in [2.24, 2.45) is 5.92 Å². The van der Waals surface area contributed by atoms with Gasteiger partial charge in [-0.25, -0.2) is 0 Å². The summed E-state index contributed by atoms with van der Waals surface area (Å²) in [6.07, 6.45) is 1.44. The number of aliphatic hydroxyl groups is 1. The van der Waals surface area contributed by atoms with Gasteiger partial charge in [0, 0.05) is 24.2 Å². The second-order valence-electron chi connectivity index (χ2n) is 4.68. The van der Waals surface area contributed by atoms with Gasteiger partial charge in [-0.3, -0.25) is 4.79 Å². The molecule has 1 N–H and O–H groups in total. The first-order chi connectivity index (χ1) is 8.06. The Morgan fingerprint density at radius 1 is 1.41 bits per heavy atom. The van der Waals surface area contributed by atoms with Crippen LogP contribution in [-0.2, 0) is 0 Å². The van der Waals surface area contributed by atoms with Crippen molar-refractivity contribution in [3.63, 3.8) is 0 Å². The van der Waals surface area contributed by atoms with E-state index in [1.165, 1.54) is 0 Å². The summed E-state index contributed by atoms with van der Waals surface area (Å²) in [5.41, 5.74) is 0.650. The zero-order valence-electron chi connectivity index (χ0n) is 9.77. The van der Waals surface area contributed by atoms with Crippen LogP contribution >= 0.6 is 11.6 Å². The largest absolute Gasteiger partial charge is 0.393 e. The molecule has 0 atom stereocenters. The van der Waals surface area contributed by atoms with E-state index in [4.69, 9.17) is 11.6 Å². The van der Waals surface area contributed by atoms with Crippen LogP contribution in [0.3, 0.4) is 0 Å². The van der Waals surface area contributed by atoms with E-state index in [0.29, 0.717) is 23.0 Å². The highest BCUT2D eigenvalue weighted by atomic mass is 35.5. The Hall–Kier alpha value is -1.06. The van der Waals surface area contributed by atoms with E-state index in [2.05, 4.69) is 0 Å². The minimum atomic E-state index is -0.168. The maximum Gasteiger partial charge on any atom is 0.253 e. The number of hydrogen-bond donors (Lipinski definition) is 1. The fourth-order valence-corrected chi connectivity index (χ4v) is 2.26. The van der Waals surface area contributed by atoms with Crippen LogP contribution in [0, 0.1) is 5.92 Å². The predicted octanol–water partition coefficient (Wildman–Crippen LogP) is 2.18. The Morgan fingerprint density at radius 2 is 2.00 bits per heavy atom. The average molecular weight is 254 g/mol. The summed E-state index contributed by atoms with van der Waals surface area (Å²) in [5.74, 6) is 0.439. The topological polar surface area (TPSA) is 40.5 Å². The Kier molecular flexibility index (Phi) is 3.69. The maximum atomic E-state index is 12.0. The van der Waals surface area contributed by atoms with Crippen LogP contribution in [0.25, 0.3) is 0 Å². The van der Waals surface area contributed by atoms with Crippen molar-refractivity contribution in [2.75, 3.05) is 13.6 Å². The van der Waals surface area contributed by atoms with Crippen molar-refractivity contribution in [1.82, 2.24) is 4.90 Å². The smallest absolute Gasteiger partial charge is 0.253 e. The van der Waals surface area contributed by atoms with Gasteiger partial charge in [-0.1, -0.05) is 11.6 Å². The van der Waals surface area contributed by atoms with E-state index in [0.717, 1.165) is 12.8 Å². The van der Waals surface area contributed by atoms with Gasteiger partial charge in [0.2, 0.25) is 0 Å². The molecule has 0 unspecified atom stereocenters. The third-order valence-electron chi connectivity index (χ3n) is 3.18. The lowest BCUT2D eigenvalue weighted by atomic mass is 9.82. The molecule has 1 amide bonds. The molecule has 1 saturated carbocycles. The summed E-state index contributed by atoms with van der Waals surface area (Å²) in [6, 6.07) is 6.90. The molecule has 92 valence electrons. The van der Waals surface area contributed by atoms with Crippen molar-refractivity contribution in [2.45, 2.75) is 18.9 Å². The Morgan fingerprint density at radius 3 is 2.53 bits per heavy atom. The molecule has 17 heavy (non-hydrogen) atoms. The van der Waals surface area contributed by atoms with Crippen molar-refractivity contribution in [1.29, 1.82) is 0 Å². The lowest BCUT2D eigenvalue weighted by Crippen LogP contribution is -2.39. The number of aliphatic hydroxyl groups excluding tert-OH is 1. The van der Waals surface area contributed by atoms with Gasteiger partial charge >= 0.3 is 0 Å². The van der Waals surface area contributed by atoms with Gasteiger partial charge < -0.3 is 10.0 Å². The number of carbonyl (C=O) groups is 1. The molecule has 2 rings (SSSR count). The molecule has 1 aromatic carbocycles. The molecule has 1 aliphatic rings. The molecule has 0 aliphatic heterocycles. The highest BCUT2D eigenvalue weighted by molar-refractivity contribution is 6.30. The third-order valence-corrected chi connectivity index (χ3v) is 3.43. The van der Waals surface area contributed by atoms with Crippen LogP contribution in [0.5, 0.6) is 0 Å². The number of amides is 1. The molecule has 1 fully saturated rings. The molecule has 0 radical (unpaired) electrons. The van der Waals surface area contributed by atoms with E-state index in [1.54, 1.807) is 36.2 Å². The van der Waals surface area contributed by atoms with Gasteiger partial charge in [-0.2, -0.15) is 0 Å². The monoisotopic (exact) mass is 253 g/mol. The number of rotatable bonds is 3. The number of benzene rings is 1. The van der Waals surface area contributed by atoms with E-state index in [1.807, 2.05) is 0 Å². The zero-order chi connectivity index (χ0) is 12.4. The standard InChI is InChI=1S/C13H16ClNO2/c1-15(8-9-6-12(16)7-9)13(17)10-2-4-11(14)5-3-10/h2-5,9,12,16H,6-8H2,1H3. The van der Waals surface area contributed by atoms with E-state index >= 15 is 0 Å². The first kappa shape index (κ1) is 12.4. The summed E-state index contributed by atoms with van der Waals surface area (Å²) < 4.78 is 0. The fourth-order valence-electron chi connectivity index (χ4n) is 2.13. The molecule has 0 heterocycles. The normalized spacial score (nSPS) is 23.0. The SMILES string of the molecule is CN(CC1CC(O)C1)C(=O)c1ccc(Cl)cc1. The third kappa shape index (κ3) is 2.99. The van der Waals surface area contributed by atoms with E-state index < -0.39 is 0 Å². The second kappa shape index (κ2) is 5.07. The minimum Gasteiger partial charge on any atom is -0.393 e. The van der Waals surface area contributed by atoms with Crippen molar-refractivity contribution >= 4 is 17.5 Å². The Labute approximate surface area is 106 Å². The summed E-state index contributed by atoms with van der Waals surface area (Å²) in [5, 5.41) is 9.83. The van der Waals surface area contributed by atoms with Crippen LogP contribution in [0.1, 0.15) is 23.2 Å². The number of halogens is 1. The lowest BCUT2D eigenvalue weighted by Gasteiger charge is -2.34. The summed E-state index contributed by atoms with van der Waals surface area (Å²) in [7, 11) is 1.79. The van der Waals surface area contributed by atoms with Gasteiger partial charge in [0.1, 0.15) is 0 Å². The van der Waals surface area contributed by atoms with Crippen molar-refractivity contribution in [3.05, 3.63) is 34.9 Å². The van der Waals surface area contributed by atoms with Crippen LogP contribution in [0.2, 0.25) is 5.02 Å². The molecular weight excluding hydrogens is 238 g/mol. The first-order valence-electron chi connectivity index (χ1n) is 5.75. The maximum absolute atomic E-state index is 12.0. The average Bonchev–Trinajstić information content (AvgIpc) is 2.27. The molecule has 4 heteroatoms. The second-order valence-corrected chi connectivity index (χ2v) is 5.12. The summed E-state index contributed by atoms with van der Waals surface area (Å²) in [6.45, 7) is 0.707. The molecule has 0 bridgehead atoms. The number of carbonyl (C=O) groups excluding carboxylic acids is 1. The highest BCUT2D eigenvalue weighted by Crippen LogP contribution is 2.27. The van der Waals surface area contributed by atoms with Crippen molar-refractivity contribution in [3.8, 4) is 0 Å². The van der Waals surface area contributed by atoms with Gasteiger partial charge in [0.15, 0.2) is 0 Å². The molecule has 1 aromatic rings. The van der Waals surface area contributed by atoms with Crippen LogP contribution in [-0.4, -0.2) is 35.6 Å². The Bertz CT molecular complexity index is 398. The first-order valence-corrected chi connectivity index (χ1v) is 6.13. The summed E-state index contributed by atoms with van der Waals surface area (Å²) in [4.78, 5) is 13.7. The number of hydrogen-bond acceptors (Lipinski definition) is 2. The van der Waals surface area contributed by atoms with Gasteiger partial charge in [-0.15, -0.1) is 0 Å². The van der Waals surface area contributed by atoms with Crippen LogP contribution in [0.4, 0.5) is 0 Å². The van der Waals surface area contributed by atoms with Crippen molar-refractivity contribution < 1.29 is 9.90 Å². The minimum absolute atomic E-state index is 0.00283. The molecule has 0 aromatic heterocycles. The van der Waals surface area contributed by atoms with Gasteiger partial charge in [0.05, 0.1) is 6.10 Å². The van der Waals surface area contributed by atoms with E-state index in [9.17, 15) is 9.90 Å². The lowest BCUT2D eigenvalue weighted by molar-refractivity contribution is 0.0265. The number of nitrogens with zero attached hydrogens (tertiary/aromatic N) is 1. The van der Waals surface area contributed by atoms with Crippen LogP contribution < -0.4 is 0 Å². The molecular formula is C13H16ClNO2. The van der Waals surface area contributed by atoms with E-state index in [-0.39, 0.29) is 12.0 Å². The summed E-state index contributed by atoms with van der Waals surface area (Å²) >= 11 is 5.78. The molecule has 1 aliphatic carbocycles. The zero-order valence-corrected chi connectivity index (χ0v) is 10.5. The fraction of sp³-hybridized carbons (Fsp3) is 0.462. The van der Waals surface area contributed by atoms with Gasteiger partial charge in [-0.05, 0) is 43.0 Å². The molecule has 0 saturated heterocycles. The molecule has 0 spiro atoms. The predicted molar refractivity (Wildman–Crippen MR) is 67.1 cm³/mol.